The Kier molecular flexibility index (Phi) is 6.60. The van der Waals surface area contributed by atoms with Gasteiger partial charge in [0.05, 0.1) is 18.2 Å². The minimum absolute atomic E-state index is 0.661. The van der Waals surface area contributed by atoms with Crippen LogP contribution in [0.25, 0.3) is 0 Å². The second-order valence-corrected chi connectivity index (χ2v) is 6.56. The van der Waals surface area contributed by atoms with Crippen molar-refractivity contribution in [3.05, 3.63) is 51.0 Å². The van der Waals surface area contributed by atoms with E-state index in [-0.39, 0.29) is 0 Å². The standard InChI is InChI=1S/C18H21BrClNO2/c1-4-7-23-18-15(19)8-13(9-17(18)22-3)11-21-16-10-14(20)6-5-12(16)2/h5-6,8-10,21H,4,7,11H2,1-3H3. The highest BCUT2D eigenvalue weighted by molar-refractivity contribution is 9.10. The van der Waals surface area contributed by atoms with Crippen molar-refractivity contribution in [2.45, 2.75) is 26.8 Å². The summed E-state index contributed by atoms with van der Waals surface area (Å²) in [7, 11) is 1.65. The zero-order valence-electron chi connectivity index (χ0n) is 13.6. The molecule has 0 amide bonds. The molecule has 2 aromatic rings. The van der Waals surface area contributed by atoms with Crippen LogP contribution in [0.4, 0.5) is 5.69 Å². The van der Waals surface area contributed by atoms with Crippen LogP contribution in [0.2, 0.25) is 5.02 Å². The Bertz CT molecular complexity index is 676. The molecule has 3 nitrogen and oxygen atoms in total. The van der Waals surface area contributed by atoms with Crippen LogP contribution in [0.1, 0.15) is 24.5 Å². The van der Waals surface area contributed by atoms with Crippen molar-refractivity contribution < 1.29 is 9.47 Å². The summed E-state index contributed by atoms with van der Waals surface area (Å²) in [5.41, 5.74) is 3.28. The van der Waals surface area contributed by atoms with Gasteiger partial charge < -0.3 is 14.8 Å². The Hall–Kier alpha value is -1.39. The summed E-state index contributed by atoms with van der Waals surface area (Å²) in [5, 5.41) is 4.13. The Morgan fingerprint density at radius 1 is 1.22 bits per heavy atom. The molecule has 0 atom stereocenters. The average molecular weight is 399 g/mol. The van der Waals surface area contributed by atoms with Crippen LogP contribution in [0.5, 0.6) is 11.5 Å². The topological polar surface area (TPSA) is 30.5 Å². The highest BCUT2D eigenvalue weighted by Gasteiger charge is 2.11. The van der Waals surface area contributed by atoms with Gasteiger partial charge in [0.2, 0.25) is 0 Å². The Morgan fingerprint density at radius 2 is 2.00 bits per heavy atom. The second-order valence-electron chi connectivity index (χ2n) is 5.27. The van der Waals surface area contributed by atoms with E-state index in [4.69, 9.17) is 21.1 Å². The molecule has 0 unspecified atom stereocenters. The molecule has 1 N–H and O–H groups in total. The second kappa shape index (κ2) is 8.46. The minimum Gasteiger partial charge on any atom is -0.493 e. The summed E-state index contributed by atoms with van der Waals surface area (Å²) < 4.78 is 12.1. The number of aryl methyl sites for hydroxylation is 1. The molecule has 0 aliphatic heterocycles. The van der Waals surface area contributed by atoms with Crippen LogP contribution in [0.15, 0.2) is 34.8 Å². The largest absolute Gasteiger partial charge is 0.493 e. The number of benzene rings is 2. The van der Waals surface area contributed by atoms with E-state index < -0.39 is 0 Å². The van der Waals surface area contributed by atoms with Crippen LogP contribution < -0.4 is 14.8 Å². The molecule has 0 saturated carbocycles. The predicted molar refractivity (Wildman–Crippen MR) is 100.0 cm³/mol. The molecule has 5 heteroatoms. The third kappa shape index (κ3) is 4.79. The third-order valence-electron chi connectivity index (χ3n) is 3.42. The van der Waals surface area contributed by atoms with Crippen LogP contribution in [-0.4, -0.2) is 13.7 Å². The molecule has 0 saturated heterocycles. The summed E-state index contributed by atoms with van der Waals surface area (Å²) >= 11 is 9.62. The molecular weight excluding hydrogens is 378 g/mol. The molecular formula is C18H21BrClNO2. The number of nitrogens with one attached hydrogen (secondary N) is 1. The molecule has 23 heavy (non-hydrogen) atoms. The first-order valence-corrected chi connectivity index (χ1v) is 8.71. The van der Waals surface area contributed by atoms with Gasteiger partial charge in [0.1, 0.15) is 0 Å². The number of halogens is 2. The fourth-order valence-electron chi connectivity index (χ4n) is 2.20. The van der Waals surface area contributed by atoms with Gasteiger partial charge in [-0.05, 0) is 64.7 Å². The molecule has 0 bridgehead atoms. The summed E-state index contributed by atoms with van der Waals surface area (Å²) in [6, 6.07) is 9.86. The summed E-state index contributed by atoms with van der Waals surface area (Å²) in [6.07, 6.45) is 0.951. The van der Waals surface area contributed by atoms with E-state index in [2.05, 4.69) is 35.1 Å². The van der Waals surface area contributed by atoms with Crippen molar-refractivity contribution in [1.82, 2.24) is 0 Å². The molecule has 0 aliphatic rings. The van der Waals surface area contributed by atoms with Gasteiger partial charge in [-0.1, -0.05) is 24.6 Å². The Balaban J connectivity index is 2.17. The summed E-state index contributed by atoms with van der Waals surface area (Å²) in [4.78, 5) is 0. The lowest BCUT2D eigenvalue weighted by Crippen LogP contribution is -2.03. The summed E-state index contributed by atoms with van der Waals surface area (Å²) in [5.74, 6) is 1.48. The molecule has 0 aromatic heterocycles. The van der Waals surface area contributed by atoms with Crippen molar-refractivity contribution in [2.24, 2.45) is 0 Å². The van der Waals surface area contributed by atoms with Crippen LogP contribution in [-0.2, 0) is 6.54 Å². The van der Waals surface area contributed by atoms with Gasteiger partial charge in [0.15, 0.2) is 11.5 Å². The average Bonchev–Trinajstić information content (AvgIpc) is 2.54. The maximum Gasteiger partial charge on any atom is 0.175 e. The van der Waals surface area contributed by atoms with Gasteiger partial charge in [-0.25, -0.2) is 0 Å². The SMILES string of the molecule is CCCOc1c(Br)cc(CNc2cc(Cl)ccc2C)cc1OC. The van der Waals surface area contributed by atoms with E-state index in [1.165, 1.54) is 0 Å². The fraction of sp³-hybridized carbons (Fsp3) is 0.333. The highest BCUT2D eigenvalue weighted by Crippen LogP contribution is 2.37. The first-order valence-electron chi connectivity index (χ1n) is 7.54. The van der Waals surface area contributed by atoms with Crippen molar-refractivity contribution >= 4 is 33.2 Å². The molecule has 2 rings (SSSR count). The summed E-state index contributed by atoms with van der Waals surface area (Å²) in [6.45, 7) is 5.46. The van der Waals surface area contributed by atoms with Gasteiger partial charge in [-0.3, -0.25) is 0 Å². The van der Waals surface area contributed by atoms with E-state index in [1.54, 1.807) is 7.11 Å². The zero-order valence-corrected chi connectivity index (χ0v) is 15.9. The van der Waals surface area contributed by atoms with Gasteiger partial charge in [0, 0.05) is 17.3 Å². The number of ether oxygens (including phenoxy) is 2. The Morgan fingerprint density at radius 3 is 2.70 bits per heavy atom. The minimum atomic E-state index is 0.661. The quantitative estimate of drug-likeness (QED) is 0.637. The molecule has 2 aromatic carbocycles. The molecule has 0 heterocycles. The van der Waals surface area contributed by atoms with Gasteiger partial charge in [0.25, 0.3) is 0 Å². The van der Waals surface area contributed by atoms with E-state index in [9.17, 15) is 0 Å². The normalized spacial score (nSPS) is 10.5. The van der Waals surface area contributed by atoms with Crippen molar-refractivity contribution in [2.75, 3.05) is 19.0 Å². The fourth-order valence-corrected chi connectivity index (χ4v) is 2.98. The van der Waals surface area contributed by atoms with E-state index >= 15 is 0 Å². The zero-order chi connectivity index (χ0) is 16.8. The molecule has 0 fully saturated rings. The van der Waals surface area contributed by atoms with E-state index in [0.717, 1.165) is 44.2 Å². The maximum atomic E-state index is 6.06. The number of methoxy groups -OCH3 is 1. The Labute approximate surface area is 151 Å². The monoisotopic (exact) mass is 397 g/mol. The van der Waals surface area contributed by atoms with Crippen LogP contribution in [0, 0.1) is 6.92 Å². The van der Waals surface area contributed by atoms with Crippen molar-refractivity contribution in [3.63, 3.8) is 0 Å². The number of rotatable bonds is 7. The molecule has 0 radical (unpaired) electrons. The lowest BCUT2D eigenvalue weighted by Gasteiger charge is -2.15. The maximum absolute atomic E-state index is 6.06. The predicted octanol–water partition coefficient (Wildman–Crippen LogP) is 5.82. The van der Waals surface area contributed by atoms with Crippen LogP contribution >= 0.6 is 27.5 Å². The van der Waals surface area contributed by atoms with Gasteiger partial charge in [-0.15, -0.1) is 0 Å². The van der Waals surface area contributed by atoms with Gasteiger partial charge >= 0.3 is 0 Å². The lowest BCUT2D eigenvalue weighted by molar-refractivity contribution is 0.292. The molecule has 0 aliphatic carbocycles. The number of anilines is 1. The number of hydrogen-bond acceptors (Lipinski definition) is 3. The van der Waals surface area contributed by atoms with Crippen molar-refractivity contribution in [3.8, 4) is 11.5 Å². The van der Waals surface area contributed by atoms with Crippen molar-refractivity contribution in [1.29, 1.82) is 0 Å². The number of hydrogen-bond donors (Lipinski definition) is 1. The molecule has 124 valence electrons. The highest BCUT2D eigenvalue weighted by atomic mass is 79.9. The van der Waals surface area contributed by atoms with Gasteiger partial charge in [-0.2, -0.15) is 0 Å². The lowest BCUT2D eigenvalue weighted by atomic mass is 10.1. The molecule has 0 spiro atoms. The first kappa shape index (κ1) is 18.0. The van der Waals surface area contributed by atoms with Crippen LogP contribution in [0.3, 0.4) is 0 Å². The van der Waals surface area contributed by atoms with E-state index in [0.29, 0.717) is 13.2 Å². The smallest absolute Gasteiger partial charge is 0.175 e. The third-order valence-corrected chi connectivity index (χ3v) is 4.25. The first-order chi connectivity index (χ1) is 11.0. The van der Waals surface area contributed by atoms with E-state index in [1.807, 2.05) is 30.3 Å².